The summed E-state index contributed by atoms with van der Waals surface area (Å²) in [6, 6.07) is 16.1. The van der Waals surface area contributed by atoms with Gasteiger partial charge in [-0.3, -0.25) is 4.79 Å². The smallest absolute Gasteiger partial charge is 0.227 e. The minimum atomic E-state index is 0.114. The number of imidazole rings is 1. The average Bonchev–Trinajstić information content (AvgIpc) is 3.33. The van der Waals surface area contributed by atoms with Crippen LogP contribution in [0, 0.1) is 0 Å². The average molecular weight is 406 g/mol. The Balaban J connectivity index is 1.57. The zero-order valence-electron chi connectivity index (χ0n) is 18.0. The van der Waals surface area contributed by atoms with Gasteiger partial charge in [0.25, 0.3) is 0 Å². The number of para-hydroxylation sites is 2. The van der Waals surface area contributed by atoms with Crippen molar-refractivity contribution in [2.75, 3.05) is 18.1 Å². The van der Waals surface area contributed by atoms with E-state index in [0.717, 1.165) is 35.7 Å². The first-order valence-electron chi connectivity index (χ1n) is 11.2. The van der Waals surface area contributed by atoms with Gasteiger partial charge in [0.2, 0.25) is 5.91 Å². The summed E-state index contributed by atoms with van der Waals surface area (Å²) in [6.45, 7) is 6.47. The minimum absolute atomic E-state index is 0.114. The second-order valence-corrected chi connectivity index (χ2v) is 8.00. The lowest BCUT2D eigenvalue weighted by Gasteiger charge is -2.18. The fourth-order valence-electron chi connectivity index (χ4n) is 4.36. The van der Waals surface area contributed by atoms with Gasteiger partial charge in [-0.1, -0.05) is 38.3 Å². The van der Waals surface area contributed by atoms with Crippen molar-refractivity contribution in [3.63, 3.8) is 0 Å². The van der Waals surface area contributed by atoms with Gasteiger partial charge in [0, 0.05) is 31.1 Å². The van der Waals surface area contributed by atoms with Crippen LogP contribution in [0.25, 0.3) is 11.0 Å². The molecule has 2 aromatic carbocycles. The maximum Gasteiger partial charge on any atom is 0.227 e. The molecular weight excluding hydrogens is 374 g/mol. The molecule has 5 heteroatoms. The molecule has 30 heavy (non-hydrogen) atoms. The molecule has 158 valence electrons. The third kappa shape index (κ3) is 4.20. The van der Waals surface area contributed by atoms with Gasteiger partial charge in [-0.15, -0.1) is 0 Å². The number of fused-ring (bicyclic) bond motifs is 1. The summed E-state index contributed by atoms with van der Waals surface area (Å²) in [4.78, 5) is 19.7. The molecule has 0 bridgehead atoms. The standard InChI is InChI=1S/C25H31N3O2/c1-3-5-6-9-16-27-23-11-8-7-10-22(23)26-25(27)19-17-24(29)28(18-19)20-12-14-21(15-13-20)30-4-2/h7-8,10-15,19H,3-6,9,16-18H2,1-2H3/t19-/m1/s1. The van der Waals surface area contributed by atoms with Crippen LogP contribution in [0.2, 0.25) is 0 Å². The second-order valence-electron chi connectivity index (χ2n) is 8.00. The molecule has 1 saturated heterocycles. The topological polar surface area (TPSA) is 47.4 Å². The van der Waals surface area contributed by atoms with Crippen molar-refractivity contribution in [1.29, 1.82) is 0 Å². The van der Waals surface area contributed by atoms with E-state index in [9.17, 15) is 4.79 Å². The number of amides is 1. The van der Waals surface area contributed by atoms with E-state index < -0.39 is 0 Å². The Bertz CT molecular complexity index is 993. The number of nitrogens with zero attached hydrogens (tertiary/aromatic N) is 3. The van der Waals surface area contributed by atoms with Gasteiger partial charge < -0.3 is 14.2 Å². The van der Waals surface area contributed by atoms with Crippen molar-refractivity contribution >= 4 is 22.6 Å². The van der Waals surface area contributed by atoms with Crippen molar-refractivity contribution in [3.8, 4) is 5.75 Å². The number of ether oxygens (including phenoxy) is 1. The number of aryl methyl sites for hydroxylation is 1. The van der Waals surface area contributed by atoms with Gasteiger partial charge in [0.15, 0.2) is 0 Å². The van der Waals surface area contributed by atoms with Gasteiger partial charge in [-0.05, 0) is 49.7 Å². The number of anilines is 1. The Hall–Kier alpha value is -2.82. The van der Waals surface area contributed by atoms with Crippen LogP contribution in [0.5, 0.6) is 5.75 Å². The van der Waals surface area contributed by atoms with Crippen molar-refractivity contribution in [3.05, 3.63) is 54.4 Å². The molecule has 4 rings (SSSR count). The normalized spacial score (nSPS) is 16.5. The molecule has 1 aliphatic rings. The van der Waals surface area contributed by atoms with Crippen LogP contribution in [0.4, 0.5) is 5.69 Å². The molecule has 1 fully saturated rings. The first kappa shape index (κ1) is 20.5. The summed E-state index contributed by atoms with van der Waals surface area (Å²) in [6.07, 6.45) is 5.36. The Kier molecular flexibility index (Phi) is 6.36. The number of hydrogen-bond acceptors (Lipinski definition) is 3. The number of carbonyl (C=O) groups is 1. The van der Waals surface area contributed by atoms with Crippen LogP contribution in [0.3, 0.4) is 0 Å². The maximum absolute atomic E-state index is 12.9. The predicted molar refractivity (Wildman–Crippen MR) is 121 cm³/mol. The molecular formula is C25H31N3O2. The summed E-state index contributed by atoms with van der Waals surface area (Å²) in [5, 5.41) is 0. The summed E-state index contributed by atoms with van der Waals surface area (Å²) in [5.74, 6) is 2.16. The zero-order chi connectivity index (χ0) is 20.9. The number of carbonyl (C=O) groups excluding carboxylic acids is 1. The molecule has 0 radical (unpaired) electrons. The lowest BCUT2D eigenvalue weighted by atomic mass is 10.1. The monoisotopic (exact) mass is 405 g/mol. The molecule has 0 aliphatic carbocycles. The van der Waals surface area contributed by atoms with Crippen molar-refractivity contribution in [2.24, 2.45) is 0 Å². The number of unbranched alkanes of at least 4 members (excludes halogenated alkanes) is 3. The van der Waals surface area contributed by atoms with Crippen molar-refractivity contribution in [2.45, 2.75) is 58.4 Å². The highest BCUT2D eigenvalue weighted by atomic mass is 16.5. The Morgan fingerprint density at radius 3 is 2.60 bits per heavy atom. The van der Waals surface area contributed by atoms with Crippen LogP contribution < -0.4 is 9.64 Å². The van der Waals surface area contributed by atoms with E-state index in [-0.39, 0.29) is 11.8 Å². The Morgan fingerprint density at radius 2 is 1.83 bits per heavy atom. The van der Waals surface area contributed by atoms with E-state index in [2.05, 4.69) is 29.7 Å². The maximum atomic E-state index is 12.9. The number of aromatic nitrogens is 2. The Morgan fingerprint density at radius 1 is 1.03 bits per heavy atom. The molecule has 0 saturated carbocycles. The molecule has 0 N–H and O–H groups in total. The summed E-state index contributed by atoms with van der Waals surface area (Å²) >= 11 is 0. The third-order valence-corrected chi connectivity index (χ3v) is 5.87. The molecule has 5 nitrogen and oxygen atoms in total. The first-order valence-corrected chi connectivity index (χ1v) is 11.2. The number of hydrogen-bond donors (Lipinski definition) is 0. The molecule has 1 amide bonds. The van der Waals surface area contributed by atoms with Crippen LogP contribution >= 0.6 is 0 Å². The van der Waals surface area contributed by atoms with E-state index in [1.54, 1.807) is 0 Å². The number of rotatable bonds is 9. The molecule has 0 unspecified atom stereocenters. The molecule has 1 aromatic heterocycles. The molecule has 2 heterocycles. The van der Waals surface area contributed by atoms with Gasteiger partial charge in [0.05, 0.1) is 17.6 Å². The van der Waals surface area contributed by atoms with Gasteiger partial charge >= 0.3 is 0 Å². The Labute approximate surface area is 178 Å². The summed E-state index contributed by atoms with van der Waals surface area (Å²) < 4.78 is 7.88. The van der Waals surface area contributed by atoms with Gasteiger partial charge in [-0.25, -0.2) is 4.98 Å². The largest absolute Gasteiger partial charge is 0.494 e. The molecule has 1 aliphatic heterocycles. The van der Waals surface area contributed by atoms with Crippen LogP contribution in [-0.4, -0.2) is 28.6 Å². The first-order chi connectivity index (χ1) is 14.7. The van der Waals surface area contributed by atoms with E-state index in [0.29, 0.717) is 19.6 Å². The lowest BCUT2D eigenvalue weighted by molar-refractivity contribution is -0.117. The van der Waals surface area contributed by atoms with E-state index in [1.165, 1.54) is 24.8 Å². The van der Waals surface area contributed by atoms with Crippen LogP contribution in [-0.2, 0) is 11.3 Å². The SMILES string of the molecule is CCCCCCn1c([C@@H]2CC(=O)N(c3ccc(OCC)cc3)C2)nc2ccccc21. The third-order valence-electron chi connectivity index (χ3n) is 5.87. The molecule has 0 spiro atoms. The highest BCUT2D eigenvalue weighted by Gasteiger charge is 2.34. The van der Waals surface area contributed by atoms with E-state index in [1.807, 2.05) is 42.2 Å². The van der Waals surface area contributed by atoms with Gasteiger partial charge in [0.1, 0.15) is 11.6 Å². The fraction of sp³-hybridized carbons (Fsp3) is 0.440. The van der Waals surface area contributed by atoms with Crippen LogP contribution in [0.15, 0.2) is 48.5 Å². The quantitative estimate of drug-likeness (QED) is 0.439. The van der Waals surface area contributed by atoms with Gasteiger partial charge in [-0.2, -0.15) is 0 Å². The lowest BCUT2D eigenvalue weighted by Crippen LogP contribution is -2.24. The summed E-state index contributed by atoms with van der Waals surface area (Å²) in [7, 11) is 0. The molecule has 3 aromatic rings. The highest BCUT2D eigenvalue weighted by molar-refractivity contribution is 5.96. The number of benzene rings is 2. The zero-order valence-corrected chi connectivity index (χ0v) is 18.0. The van der Waals surface area contributed by atoms with Crippen LogP contribution in [0.1, 0.15) is 57.7 Å². The summed E-state index contributed by atoms with van der Waals surface area (Å²) in [5.41, 5.74) is 3.13. The van der Waals surface area contributed by atoms with E-state index >= 15 is 0 Å². The highest BCUT2D eigenvalue weighted by Crippen LogP contribution is 2.34. The molecule has 1 atom stereocenters. The van der Waals surface area contributed by atoms with Crippen molar-refractivity contribution in [1.82, 2.24) is 9.55 Å². The second kappa shape index (κ2) is 9.33. The minimum Gasteiger partial charge on any atom is -0.494 e. The van der Waals surface area contributed by atoms with E-state index in [4.69, 9.17) is 9.72 Å². The fourth-order valence-corrected chi connectivity index (χ4v) is 4.36. The predicted octanol–water partition coefficient (Wildman–Crippen LogP) is 5.54. The van der Waals surface area contributed by atoms with Crippen molar-refractivity contribution < 1.29 is 9.53 Å².